The molecule has 0 amide bonds. The van der Waals surface area contributed by atoms with E-state index in [9.17, 15) is 9.50 Å². The van der Waals surface area contributed by atoms with Crippen LogP contribution < -0.4 is 0 Å². The van der Waals surface area contributed by atoms with Gasteiger partial charge in [0, 0.05) is 11.8 Å². The number of aromatic nitrogens is 3. The van der Waals surface area contributed by atoms with Crippen molar-refractivity contribution in [2.45, 2.75) is 37.1 Å². The van der Waals surface area contributed by atoms with Gasteiger partial charge in [-0.1, -0.05) is 23.9 Å². The van der Waals surface area contributed by atoms with Crippen molar-refractivity contribution in [3.8, 4) is 0 Å². The van der Waals surface area contributed by atoms with Crippen molar-refractivity contribution in [1.82, 2.24) is 14.8 Å². The third-order valence-electron chi connectivity index (χ3n) is 3.37. The molecule has 0 spiro atoms. The van der Waals surface area contributed by atoms with Gasteiger partial charge in [0.05, 0.1) is 6.10 Å². The maximum Gasteiger partial charge on any atom is 0.191 e. The summed E-state index contributed by atoms with van der Waals surface area (Å²) in [5.74, 6) is 1.11. The van der Waals surface area contributed by atoms with Crippen molar-refractivity contribution in [1.29, 1.82) is 0 Å². The van der Waals surface area contributed by atoms with Gasteiger partial charge in [-0.25, -0.2) is 4.39 Å². The van der Waals surface area contributed by atoms with E-state index in [1.807, 2.05) is 6.92 Å². The molecule has 1 atom stereocenters. The fourth-order valence-electron chi connectivity index (χ4n) is 2.14. The van der Waals surface area contributed by atoms with E-state index < -0.39 is 6.10 Å². The third-order valence-corrected chi connectivity index (χ3v) is 4.39. The monoisotopic (exact) mass is 293 g/mol. The molecule has 1 aromatic carbocycles. The molecule has 2 aromatic rings. The molecule has 0 aliphatic heterocycles. The van der Waals surface area contributed by atoms with Crippen molar-refractivity contribution < 1.29 is 9.50 Å². The van der Waals surface area contributed by atoms with Crippen LogP contribution in [-0.4, -0.2) is 25.6 Å². The van der Waals surface area contributed by atoms with E-state index in [1.54, 1.807) is 12.1 Å². The Morgan fingerprint density at radius 1 is 1.35 bits per heavy atom. The Morgan fingerprint density at radius 3 is 2.70 bits per heavy atom. The predicted octanol–water partition coefficient (Wildman–Crippen LogP) is 2.89. The number of aryl methyl sites for hydroxylation is 1. The molecule has 4 nitrogen and oxygen atoms in total. The van der Waals surface area contributed by atoms with E-state index in [-0.39, 0.29) is 5.82 Å². The smallest absolute Gasteiger partial charge is 0.191 e. The normalized spacial score (nSPS) is 16.4. The average molecular weight is 293 g/mol. The molecule has 0 bridgehead atoms. The van der Waals surface area contributed by atoms with Gasteiger partial charge in [-0.3, -0.25) is 0 Å². The van der Waals surface area contributed by atoms with E-state index in [2.05, 4.69) is 14.8 Å². The van der Waals surface area contributed by atoms with Gasteiger partial charge < -0.3 is 9.67 Å². The number of aliphatic hydroxyl groups is 1. The lowest BCUT2D eigenvalue weighted by molar-refractivity contribution is 0.204. The zero-order chi connectivity index (χ0) is 14.1. The van der Waals surface area contributed by atoms with Crippen molar-refractivity contribution in [3.05, 3.63) is 41.5 Å². The minimum Gasteiger partial charge on any atom is -0.388 e. The first kappa shape index (κ1) is 13.6. The summed E-state index contributed by atoms with van der Waals surface area (Å²) in [4.78, 5) is 0. The number of benzene rings is 1. The molecule has 1 aliphatic carbocycles. The highest BCUT2D eigenvalue weighted by molar-refractivity contribution is 7.99. The Hall–Kier alpha value is -1.40. The van der Waals surface area contributed by atoms with Gasteiger partial charge in [0.15, 0.2) is 5.16 Å². The van der Waals surface area contributed by atoms with Crippen molar-refractivity contribution >= 4 is 11.8 Å². The van der Waals surface area contributed by atoms with Crippen LogP contribution in [0.1, 0.15) is 36.4 Å². The molecule has 106 valence electrons. The number of nitrogens with zero attached hydrogens (tertiary/aromatic N) is 3. The maximum absolute atomic E-state index is 12.8. The molecule has 0 saturated heterocycles. The number of hydrogen-bond donors (Lipinski definition) is 1. The Balaban J connectivity index is 1.66. The number of halogens is 1. The molecule has 1 saturated carbocycles. The van der Waals surface area contributed by atoms with Gasteiger partial charge in [0.2, 0.25) is 0 Å². The Morgan fingerprint density at radius 2 is 2.05 bits per heavy atom. The minimum atomic E-state index is -0.634. The summed E-state index contributed by atoms with van der Waals surface area (Å²) in [5, 5.41) is 19.2. The number of thioether (sulfide) groups is 1. The number of hydrogen-bond acceptors (Lipinski definition) is 4. The summed E-state index contributed by atoms with van der Waals surface area (Å²) in [5.41, 5.74) is 0.716. The van der Waals surface area contributed by atoms with Crippen LogP contribution in [0, 0.1) is 12.7 Å². The summed E-state index contributed by atoms with van der Waals surface area (Å²) < 4.78 is 15.0. The molecule has 1 N–H and O–H groups in total. The summed E-state index contributed by atoms with van der Waals surface area (Å²) in [6.07, 6.45) is 1.71. The first-order valence-electron chi connectivity index (χ1n) is 6.63. The van der Waals surface area contributed by atoms with Crippen LogP contribution in [0.15, 0.2) is 29.4 Å². The Bertz CT molecular complexity index is 595. The molecule has 1 aliphatic rings. The lowest BCUT2D eigenvalue weighted by Crippen LogP contribution is -2.04. The Kier molecular flexibility index (Phi) is 3.76. The summed E-state index contributed by atoms with van der Waals surface area (Å²) in [7, 11) is 0. The second kappa shape index (κ2) is 5.54. The number of rotatable bonds is 5. The van der Waals surface area contributed by atoms with E-state index in [0.29, 0.717) is 17.4 Å². The fourth-order valence-corrected chi connectivity index (χ4v) is 3.15. The summed E-state index contributed by atoms with van der Waals surface area (Å²) in [6, 6.07) is 6.46. The second-order valence-corrected chi connectivity index (χ2v) is 6.00. The van der Waals surface area contributed by atoms with Crippen LogP contribution in [0.4, 0.5) is 4.39 Å². The minimum absolute atomic E-state index is 0.294. The summed E-state index contributed by atoms with van der Waals surface area (Å²) >= 11 is 1.49. The third kappa shape index (κ3) is 2.86. The Labute approximate surface area is 121 Å². The highest BCUT2D eigenvalue weighted by atomic mass is 32.2. The predicted molar refractivity (Wildman–Crippen MR) is 75.1 cm³/mol. The molecule has 20 heavy (non-hydrogen) atoms. The SMILES string of the molecule is Cc1nnc(SCC(O)c2ccc(F)cc2)n1C1CC1. The first-order chi connectivity index (χ1) is 9.65. The van der Waals surface area contributed by atoms with Crippen LogP contribution in [0.5, 0.6) is 0 Å². The fraction of sp³-hybridized carbons (Fsp3) is 0.429. The first-order valence-corrected chi connectivity index (χ1v) is 7.61. The standard InChI is InChI=1S/C14H16FN3OS/c1-9-16-17-14(18(9)12-6-7-12)20-8-13(19)10-2-4-11(15)5-3-10/h2-5,12-13,19H,6-8H2,1H3. The molecule has 1 fully saturated rings. The highest BCUT2D eigenvalue weighted by Gasteiger charge is 2.28. The van der Waals surface area contributed by atoms with Gasteiger partial charge >= 0.3 is 0 Å². The summed E-state index contributed by atoms with van der Waals surface area (Å²) in [6.45, 7) is 1.95. The molecule has 3 rings (SSSR count). The van der Waals surface area contributed by atoms with Gasteiger partial charge in [0.1, 0.15) is 11.6 Å². The van der Waals surface area contributed by atoms with Crippen LogP contribution in [0.3, 0.4) is 0 Å². The topological polar surface area (TPSA) is 50.9 Å². The van der Waals surface area contributed by atoms with Crippen LogP contribution >= 0.6 is 11.8 Å². The van der Waals surface area contributed by atoms with Gasteiger partial charge in [-0.15, -0.1) is 10.2 Å². The van der Waals surface area contributed by atoms with E-state index in [1.165, 1.54) is 36.7 Å². The lowest BCUT2D eigenvalue weighted by Gasteiger charge is -2.11. The van der Waals surface area contributed by atoms with Crippen LogP contribution in [0.25, 0.3) is 0 Å². The molecule has 0 radical (unpaired) electrons. The van der Waals surface area contributed by atoms with Gasteiger partial charge in [-0.2, -0.15) is 0 Å². The van der Waals surface area contributed by atoms with Crippen molar-refractivity contribution in [2.75, 3.05) is 5.75 Å². The van der Waals surface area contributed by atoms with Gasteiger partial charge in [-0.05, 0) is 37.5 Å². The van der Waals surface area contributed by atoms with E-state index in [0.717, 1.165) is 11.0 Å². The van der Waals surface area contributed by atoms with Crippen molar-refractivity contribution in [2.24, 2.45) is 0 Å². The van der Waals surface area contributed by atoms with E-state index in [4.69, 9.17) is 0 Å². The largest absolute Gasteiger partial charge is 0.388 e. The zero-order valence-corrected chi connectivity index (χ0v) is 12.0. The zero-order valence-electron chi connectivity index (χ0n) is 11.2. The molecule has 1 unspecified atom stereocenters. The quantitative estimate of drug-likeness (QED) is 0.861. The molecular formula is C14H16FN3OS. The van der Waals surface area contributed by atoms with Crippen LogP contribution in [0.2, 0.25) is 0 Å². The lowest BCUT2D eigenvalue weighted by atomic mass is 10.1. The molecule has 1 aromatic heterocycles. The van der Waals surface area contributed by atoms with Crippen molar-refractivity contribution in [3.63, 3.8) is 0 Å². The van der Waals surface area contributed by atoms with Crippen LogP contribution in [-0.2, 0) is 0 Å². The molecule has 1 heterocycles. The van der Waals surface area contributed by atoms with Gasteiger partial charge in [0.25, 0.3) is 0 Å². The maximum atomic E-state index is 12.8. The molecular weight excluding hydrogens is 277 g/mol. The highest BCUT2D eigenvalue weighted by Crippen LogP contribution is 2.39. The average Bonchev–Trinajstić information content (AvgIpc) is 3.21. The van der Waals surface area contributed by atoms with E-state index >= 15 is 0 Å². The molecule has 6 heteroatoms. The number of aliphatic hydroxyl groups excluding tert-OH is 1. The second-order valence-electron chi connectivity index (χ2n) is 5.01.